The molecule has 1 heterocycles. The summed E-state index contributed by atoms with van der Waals surface area (Å²) in [4.78, 5) is 31.2. The molecule has 0 unspecified atom stereocenters. The second-order valence-corrected chi connectivity index (χ2v) is 9.19. The van der Waals surface area contributed by atoms with Gasteiger partial charge in [0.05, 0.1) is 18.8 Å². The molecule has 0 spiro atoms. The van der Waals surface area contributed by atoms with Crippen molar-refractivity contribution in [1.82, 2.24) is 9.80 Å². The van der Waals surface area contributed by atoms with E-state index in [0.717, 1.165) is 15.5 Å². The number of halogens is 1. The number of nitrogens with zero attached hydrogens (tertiary/aromatic N) is 2. The standard InChI is InChI=1S/C26H27FN4O2S/c27-20-7-6-8-21(17-20)28-25(32)18-30-13-15-31(16-14-30)19-26(33)29-23-11-4-5-12-24(23)34-22-9-2-1-3-10-22/h1-12,17H,13-16,18-19H2,(H,28,32)(H,29,33). The third-order valence-electron chi connectivity index (χ3n) is 5.44. The van der Waals surface area contributed by atoms with Crippen LogP contribution in [0.2, 0.25) is 0 Å². The van der Waals surface area contributed by atoms with Gasteiger partial charge < -0.3 is 10.6 Å². The van der Waals surface area contributed by atoms with Crippen molar-refractivity contribution in [2.24, 2.45) is 0 Å². The molecule has 0 bridgehead atoms. The fourth-order valence-corrected chi connectivity index (χ4v) is 4.67. The first-order valence-corrected chi connectivity index (χ1v) is 12.0. The average molecular weight is 479 g/mol. The van der Waals surface area contributed by atoms with Gasteiger partial charge in [0.1, 0.15) is 5.82 Å². The average Bonchev–Trinajstić information content (AvgIpc) is 2.82. The van der Waals surface area contributed by atoms with Crippen molar-refractivity contribution >= 4 is 35.0 Å². The SMILES string of the molecule is O=C(CN1CCN(CC(=O)Nc2ccccc2Sc2ccccc2)CC1)Nc1cccc(F)c1. The molecule has 0 aliphatic carbocycles. The van der Waals surface area contributed by atoms with Crippen molar-refractivity contribution < 1.29 is 14.0 Å². The highest BCUT2D eigenvalue weighted by Crippen LogP contribution is 2.33. The Hall–Kier alpha value is -3.20. The number of piperazine rings is 1. The van der Waals surface area contributed by atoms with Gasteiger partial charge in [-0.05, 0) is 42.5 Å². The molecule has 0 radical (unpaired) electrons. The number of nitrogens with one attached hydrogen (secondary N) is 2. The minimum atomic E-state index is -0.383. The first kappa shape index (κ1) is 23.9. The highest BCUT2D eigenvalue weighted by atomic mass is 32.2. The van der Waals surface area contributed by atoms with Gasteiger partial charge >= 0.3 is 0 Å². The van der Waals surface area contributed by atoms with E-state index in [2.05, 4.69) is 15.5 Å². The maximum Gasteiger partial charge on any atom is 0.238 e. The summed E-state index contributed by atoms with van der Waals surface area (Å²) in [7, 11) is 0. The van der Waals surface area contributed by atoms with Gasteiger partial charge in [0.2, 0.25) is 11.8 Å². The molecule has 8 heteroatoms. The molecule has 3 aromatic rings. The predicted molar refractivity (Wildman–Crippen MR) is 134 cm³/mol. The summed E-state index contributed by atoms with van der Waals surface area (Å²) in [5.74, 6) is -0.617. The Labute approximate surface area is 203 Å². The molecule has 2 N–H and O–H groups in total. The van der Waals surface area contributed by atoms with Crippen molar-refractivity contribution in [1.29, 1.82) is 0 Å². The molecule has 176 valence electrons. The van der Waals surface area contributed by atoms with Crippen LogP contribution >= 0.6 is 11.8 Å². The van der Waals surface area contributed by atoms with Crippen LogP contribution in [0.5, 0.6) is 0 Å². The summed E-state index contributed by atoms with van der Waals surface area (Å²) < 4.78 is 13.3. The summed E-state index contributed by atoms with van der Waals surface area (Å²) in [5.41, 5.74) is 1.25. The van der Waals surface area contributed by atoms with E-state index in [-0.39, 0.29) is 24.2 Å². The Bertz CT molecular complexity index is 1120. The normalized spacial score (nSPS) is 14.5. The zero-order valence-electron chi connectivity index (χ0n) is 18.7. The zero-order valence-corrected chi connectivity index (χ0v) is 19.6. The van der Waals surface area contributed by atoms with Gasteiger partial charge in [-0.1, -0.05) is 48.2 Å². The van der Waals surface area contributed by atoms with Gasteiger partial charge in [-0.3, -0.25) is 19.4 Å². The van der Waals surface area contributed by atoms with Crippen LogP contribution in [-0.2, 0) is 9.59 Å². The van der Waals surface area contributed by atoms with Gasteiger partial charge in [0.25, 0.3) is 0 Å². The number of amides is 2. The lowest BCUT2D eigenvalue weighted by Gasteiger charge is -2.33. The Morgan fingerprint density at radius 1 is 0.765 bits per heavy atom. The molecule has 4 rings (SSSR count). The van der Waals surface area contributed by atoms with E-state index in [1.54, 1.807) is 23.9 Å². The van der Waals surface area contributed by atoms with Crippen LogP contribution in [0.15, 0.2) is 88.7 Å². The molecule has 2 amide bonds. The Balaban J connectivity index is 1.22. The van der Waals surface area contributed by atoms with Gasteiger partial charge in [-0.25, -0.2) is 4.39 Å². The van der Waals surface area contributed by atoms with Crippen molar-refractivity contribution in [2.45, 2.75) is 9.79 Å². The van der Waals surface area contributed by atoms with E-state index in [1.165, 1.54) is 12.1 Å². The Morgan fingerprint density at radius 3 is 2.06 bits per heavy atom. The molecule has 3 aromatic carbocycles. The minimum absolute atomic E-state index is 0.0570. The number of hydrogen-bond donors (Lipinski definition) is 2. The topological polar surface area (TPSA) is 64.7 Å². The summed E-state index contributed by atoms with van der Waals surface area (Å²) in [6.45, 7) is 3.30. The largest absolute Gasteiger partial charge is 0.325 e. The zero-order chi connectivity index (χ0) is 23.8. The van der Waals surface area contributed by atoms with E-state index in [1.807, 2.05) is 59.5 Å². The van der Waals surface area contributed by atoms with Crippen LogP contribution in [0, 0.1) is 5.82 Å². The molecule has 6 nitrogen and oxygen atoms in total. The summed E-state index contributed by atoms with van der Waals surface area (Å²) in [6.07, 6.45) is 0. The number of hydrogen-bond acceptors (Lipinski definition) is 5. The predicted octanol–water partition coefficient (Wildman–Crippen LogP) is 4.17. The second kappa shape index (κ2) is 11.8. The quantitative estimate of drug-likeness (QED) is 0.509. The molecule has 34 heavy (non-hydrogen) atoms. The summed E-state index contributed by atoms with van der Waals surface area (Å²) in [5, 5.41) is 5.77. The number of anilines is 2. The van der Waals surface area contributed by atoms with Gasteiger partial charge in [-0.15, -0.1) is 0 Å². The molecule has 1 fully saturated rings. The first-order valence-electron chi connectivity index (χ1n) is 11.2. The molecule has 1 aliphatic rings. The third-order valence-corrected chi connectivity index (χ3v) is 6.52. The molecule has 0 saturated carbocycles. The number of carbonyl (C=O) groups is 2. The van der Waals surface area contributed by atoms with Crippen molar-refractivity contribution in [3.63, 3.8) is 0 Å². The van der Waals surface area contributed by atoms with E-state index < -0.39 is 0 Å². The first-order chi connectivity index (χ1) is 16.5. The lowest BCUT2D eigenvalue weighted by Crippen LogP contribution is -2.50. The number of carbonyl (C=O) groups excluding carboxylic acids is 2. The van der Waals surface area contributed by atoms with E-state index in [4.69, 9.17) is 0 Å². The number of para-hydroxylation sites is 1. The van der Waals surface area contributed by atoms with Crippen molar-refractivity contribution in [2.75, 3.05) is 49.9 Å². The lowest BCUT2D eigenvalue weighted by molar-refractivity contribution is -0.120. The van der Waals surface area contributed by atoms with E-state index >= 15 is 0 Å². The fourth-order valence-electron chi connectivity index (χ4n) is 3.74. The monoisotopic (exact) mass is 478 g/mol. The smallest absolute Gasteiger partial charge is 0.238 e. The maximum atomic E-state index is 13.3. The maximum absolute atomic E-state index is 13.3. The Morgan fingerprint density at radius 2 is 1.38 bits per heavy atom. The fraction of sp³-hybridized carbons (Fsp3) is 0.231. The van der Waals surface area contributed by atoms with Crippen LogP contribution in [0.4, 0.5) is 15.8 Å². The van der Waals surface area contributed by atoms with Gasteiger partial charge in [-0.2, -0.15) is 0 Å². The summed E-state index contributed by atoms with van der Waals surface area (Å²) >= 11 is 1.62. The van der Waals surface area contributed by atoms with Gasteiger partial charge in [0.15, 0.2) is 0 Å². The van der Waals surface area contributed by atoms with Crippen LogP contribution in [0.3, 0.4) is 0 Å². The highest BCUT2D eigenvalue weighted by molar-refractivity contribution is 7.99. The number of rotatable bonds is 8. The van der Waals surface area contributed by atoms with Crippen LogP contribution in [0.1, 0.15) is 0 Å². The summed E-state index contributed by atoms with van der Waals surface area (Å²) in [6, 6.07) is 23.7. The van der Waals surface area contributed by atoms with E-state index in [9.17, 15) is 14.0 Å². The van der Waals surface area contributed by atoms with Gasteiger partial charge in [0, 0.05) is 41.7 Å². The van der Waals surface area contributed by atoms with Crippen LogP contribution in [-0.4, -0.2) is 60.9 Å². The molecular weight excluding hydrogens is 451 g/mol. The molecule has 0 aromatic heterocycles. The molecular formula is C26H27FN4O2S. The molecule has 1 saturated heterocycles. The van der Waals surface area contributed by atoms with Crippen LogP contribution in [0.25, 0.3) is 0 Å². The van der Waals surface area contributed by atoms with Crippen LogP contribution < -0.4 is 10.6 Å². The second-order valence-electron chi connectivity index (χ2n) is 8.07. The molecule has 0 atom stereocenters. The van der Waals surface area contributed by atoms with Crippen molar-refractivity contribution in [3.8, 4) is 0 Å². The minimum Gasteiger partial charge on any atom is -0.325 e. The van der Waals surface area contributed by atoms with Crippen molar-refractivity contribution in [3.05, 3.63) is 84.7 Å². The highest BCUT2D eigenvalue weighted by Gasteiger charge is 2.21. The third kappa shape index (κ3) is 7.15. The Kier molecular flexibility index (Phi) is 8.30. The van der Waals surface area contributed by atoms with E-state index in [0.29, 0.717) is 38.4 Å². The lowest BCUT2D eigenvalue weighted by atomic mass is 10.2. The number of benzene rings is 3. The molecule has 1 aliphatic heterocycles.